The van der Waals surface area contributed by atoms with Gasteiger partial charge in [0.15, 0.2) is 5.65 Å². The summed E-state index contributed by atoms with van der Waals surface area (Å²) < 4.78 is 1.89. The second-order valence-electron chi connectivity index (χ2n) is 4.64. The summed E-state index contributed by atoms with van der Waals surface area (Å²) in [6, 6.07) is 2.23. The molecule has 2 aromatic rings. The molecule has 0 aliphatic heterocycles. The van der Waals surface area contributed by atoms with Crippen LogP contribution in [0.1, 0.15) is 43.6 Å². The largest absolute Gasteiger partial charge is 0.250 e. The number of aromatic nitrogens is 3. The summed E-state index contributed by atoms with van der Waals surface area (Å²) in [5.74, 6) is 0.442. The van der Waals surface area contributed by atoms with Gasteiger partial charge in [0.05, 0.1) is 5.69 Å². The lowest BCUT2D eigenvalue weighted by Gasteiger charge is -2.04. The van der Waals surface area contributed by atoms with Gasteiger partial charge in [0.25, 0.3) is 0 Å². The van der Waals surface area contributed by atoms with E-state index in [-0.39, 0.29) is 0 Å². The van der Waals surface area contributed by atoms with Gasteiger partial charge in [0.2, 0.25) is 0 Å². The van der Waals surface area contributed by atoms with Gasteiger partial charge in [0.1, 0.15) is 0 Å². The van der Waals surface area contributed by atoms with Gasteiger partial charge in [-0.2, -0.15) is 5.10 Å². The van der Waals surface area contributed by atoms with Gasteiger partial charge in [0, 0.05) is 18.1 Å². The zero-order chi connectivity index (χ0) is 11.9. The maximum atomic E-state index is 4.70. The van der Waals surface area contributed by atoms with Crippen LogP contribution in [-0.4, -0.2) is 14.8 Å². The highest BCUT2D eigenvalue weighted by Gasteiger charge is 2.14. The van der Waals surface area contributed by atoms with E-state index in [1.54, 1.807) is 0 Å². The van der Waals surface area contributed by atoms with Crippen LogP contribution < -0.4 is 0 Å². The summed E-state index contributed by atoms with van der Waals surface area (Å²) in [5, 5.41) is 5.76. The number of fused-ring (bicyclic) bond motifs is 1. The highest BCUT2D eigenvalue weighted by Crippen LogP contribution is 2.25. The minimum Gasteiger partial charge on any atom is -0.250 e. The summed E-state index contributed by atoms with van der Waals surface area (Å²) >= 11 is 0. The van der Waals surface area contributed by atoms with E-state index in [9.17, 15) is 0 Å². The number of aryl methyl sites for hydroxylation is 3. The van der Waals surface area contributed by atoms with Crippen LogP contribution in [0.4, 0.5) is 0 Å². The van der Waals surface area contributed by atoms with Crippen molar-refractivity contribution >= 4 is 11.0 Å². The first-order valence-electron chi connectivity index (χ1n) is 5.87. The molecule has 0 spiro atoms. The Kier molecular flexibility index (Phi) is 2.70. The van der Waals surface area contributed by atoms with Crippen LogP contribution in [0.2, 0.25) is 0 Å². The van der Waals surface area contributed by atoms with Gasteiger partial charge < -0.3 is 0 Å². The zero-order valence-electron chi connectivity index (χ0n) is 10.7. The molecule has 2 aromatic heterocycles. The maximum Gasteiger partial charge on any atom is 0.158 e. The van der Waals surface area contributed by atoms with Gasteiger partial charge in [-0.15, -0.1) is 0 Å². The molecule has 0 amide bonds. The summed E-state index contributed by atoms with van der Waals surface area (Å²) in [5.41, 5.74) is 4.60. The highest BCUT2D eigenvalue weighted by molar-refractivity contribution is 5.80. The first kappa shape index (κ1) is 11.1. The summed E-state index contributed by atoms with van der Waals surface area (Å²) in [4.78, 5) is 4.70. The molecule has 0 unspecified atom stereocenters. The molecule has 0 bridgehead atoms. The molecule has 0 aromatic carbocycles. The minimum absolute atomic E-state index is 0.442. The fourth-order valence-electron chi connectivity index (χ4n) is 2.12. The second-order valence-corrected chi connectivity index (χ2v) is 4.64. The molecular weight excluding hydrogens is 198 g/mol. The fourth-order valence-corrected chi connectivity index (χ4v) is 2.12. The summed E-state index contributed by atoms with van der Waals surface area (Å²) in [7, 11) is 1.97. The van der Waals surface area contributed by atoms with E-state index < -0.39 is 0 Å². The third kappa shape index (κ3) is 1.60. The molecule has 0 fully saturated rings. The van der Waals surface area contributed by atoms with E-state index in [0.29, 0.717) is 5.92 Å². The lowest BCUT2D eigenvalue weighted by molar-refractivity contribution is 0.723. The molecule has 3 nitrogen and oxygen atoms in total. The predicted octanol–water partition coefficient (Wildman–Crippen LogP) is 2.96. The molecule has 0 saturated heterocycles. The van der Waals surface area contributed by atoms with Gasteiger partial charge >= 0.3 is 0 Å². The minimum atomic E-state index is 0.442. The molecule has 86 valence electrons. The van der Waals surface area contributed by atoms with Crippen LogP contribution in [0.15, 0.2) is 6.07 Å². The van der Waals surface area contributed by atoms with Crippen molar-refractivity contribution < 1.29 is 0 Å². The third-order valence-electron chi connectivity index (χ3n) is 3.02. The smallest absolute Gasteiger partial charge is 0.158 e. The number of hydrogen-bond donors (Lipinski definition) is 0. The quantitative estimate of drug-likeness (QED) is 0.774. The van der Waals surface area contributed by atoms with Gasteiger partial charge in [-0.25, -0.2) is 4.98 Å². The van der Waals surface area contributed by atoms with Gasteiger partial charge in [-0.05, 0) is 30.9 Å². The van der Waals surface area contributed by atoms with Crippen molar-refractivity contribution in [3.8, 4) is 0 Å². The van der Waals surface area contributed by atoms with Crippen LogP contribution in [0.5, 0.6) is 0 Å². The number of pyridine rings is 1. The van der Waals surface area contributed by atoms with Crippen LogP contribution in [-0.2, 0) is 13.5 Å². The Bertz CT molecular complexity index is 523. The Hall–Kier alpha value is -1.38. The highest BCUT2D eigenvalue weighted by atomic mass is 15.3. The van der Waals surface area contributed by atoms with Crippen molar-refractivity contribution in [2.75, 3.05) is 0 Å². The Morgan fingerprint density at radius 1 is 1.38 bits per heavy atom. The first-order valence-corrected chi connectivity index (χ1v) is 5.87. The molecule has 0 aliphatic rings. The van der Waals surface area contributed by atoms with Crippen molar-refractivity contribution in [1.82, 2.24) is 14.8 Å². The Labute approximate surface area is 96.5 Å². The second kappa shape index (κ2) is 3.89. The van der Waals surface area contributed by atoms with E-state index in [1.807, 2.05) is 11.7 Å². The van der Waals surface area contributed by atoms with E-state index in [2.05, 4.69) is 38.9 Å². The fraction of sp³-hybridized carbons (Fsp3) is 0.538. The SMILES string of the molecule is CCc1nc2c(cc1C)c(C(C)C)nn2C. The summed E-state index contributed by atoms with van der Waals surface area (Å²) in [6.45, 7) is 8.61. The number of rotatable bonds is 2. The lowest BCUT2D eigenvalue weighted by Crippen LogP contribution is -1.96. The van der Waals surface area contributed by atoms with Gasteiger partial charge in [-0.3, -0.25) is 4.68 Å². The van der Waals surface area contributed by atoms with Crippen LogP contribution >= 0.6 is 0 Å². The van der Waals surface area contributed by atoms with Crippen LogP contribution in [0, 0.1) is 6.92 Å². The van der Waals surface area contributed by atoms with Gasteiger partial charge in [-0.1, -0.05) is 20.8 Å². The summed E-state index contributed by atoms with van der Waals surface area (Å²) in [6.07, 6.45) is 0.976. The molecule has 3 heteroatoms. The van der Waals surface area contributed by atoms with Crippen molar-refractivity contribution in [1.29, 1.82) is 0 Å². The standard InChI is InChI=1S/C13H19N3/c1-6-11-9(4)7-10-12(8(2)3)15-16(5)13(10)14-11/h7-8H,6H2,1-5H3. The molecule has 2 rings (SSSR count). The zero-order valence-corrected chi connectivity index (χ0v) is 10.7. The normalized spacial score (nSPS) is 11.6. The average molecular weight is 217 g/mol. The molecule has 0 saturated carbocycles. The topological polar surface area (TPSA) is 30.7 Å². The first-order chi connectivity index (χ1) is 7.54. The molecule has 0 aliphatic carbocycles. The van der Waals surface area contributed by atoms with Crippen molar-refractivity contribution in [2.24, 2.45) is 7.05 Å². The monoisotopic (exact) mass is 217 g/mol. The van der Waals surface area contributed by atoms with E-state index >= 15 is 0 Å². The Morgan fingerprint density at radius 3 is 2.62 bits per heavy atom. The molecule has 0 radical (unpaired) electrons. The molecule has 2 heterocycles. The number of hydrogen-bond acceptors (Lipinski definition) is 2. The Morgan fingerprint density at radius 2 is 2.06 bits per heavy atom. The van der Waals surface area contributed by atoms with E-state index in [1.165, 1.54) is 16.6 Å². The molecular formula is C13H19N3. The lowest BCUT2D eigenvalue weighted by atomic mass is 10.1. The van der Waals surface area contributed by atoms with Crippen molar-refractivity contribution in [3.63, 3.8) is 0 Å². The van der Waals surface area contributed by atoms with Crippen LogP contribution in [0.3, 0.4) is 0 Å². The maximum absolute atomic E-state index is 4.70. The number of nitrogens with zero attached hydrogens (tertiary/aromatic N) is 3. The van der Waals surface area contributed by atoms with E-state index in [4.69, 9.17) is 4.98 Å². The third-order valence-corrected chi connectivity index (χ3v) is 3.02. The Balaban J connectivity index is 2.77. The van der Waals surface area contributed by atoms with Crippen LogP contribution in [0.25, 0.3) is 11.0 Å². The molecule has 0 atom stereocenters. The molecule has 0 N–H and O–H groups in total. The predicted molar refractivity (Wildman–Crippen MR) is 66.7 cm³/mol. The van der Waals surface area contributed by atoms with E-state index in [0.717, 1.165) is 17.8 Å². The average Bonchev–Trinajstić information content (AvgIpc) is 2.54. The van der Waals surface area contributed by atoms with Crippen molar-refractivity contribution in [3.05, 3.63) is 23.0 Å². The van der Waals surface area contributed by atoms with Crippen molar-refractivity contribution in [2.45, 2.75) is 40.0 Å². The molecule has 16 heavy (non-hydrogen) atoms.